The van der Waals surface area contributed by atoms with Crippen molar-refractivity contribution in [1.29, 1.82) is 0 Å². The fraction of sp³-hybridized carbons (Fsp3) is 0. The van der Waals surface area contributed by atoms with Crippen LogP contribution >= 0.6 is 0 Å². The van der Waals surface area contributed by atoms with Gasteiger partial charge < -0.3 is 5.11 Å². The molecule has 7 heteroatoms. The summed E-state index contributed by atoms with van der Waals surface area (Å²) in [5, 5.41) is 26.8. The predicted molar refractivity (Wildman–Crippen MR) is 105 cm³/mol. The molecular weight excluding hydrogens is 344 g/mol. The van der Waals surface area contributed by atoms with E-state index in [2.05, 4.69) is 15.5 Å². The molecule has 0 aliphatic carbocycles. The lowest BCUT2D eigenvalue weighted by atomic mass is 10.1. The van der Waals surface area contributed by atoms with Crippen LogP contribution in [-0.4, -0.2) is 21.2 Å². The Morgan fingerprint density at radius 3 is 2.26 bits per heavy atom. The number of nitro groups is 1. The first kappa shape index (κ1) is 16.5. The molecule has 3 aromatic carbocycles. The first-order valence-corrected chi connectivity index (χ1v) is 8.17. The van der Waals surface area contributed by atoms with Crippen LogP contribution < -0.4 is 5.43 Å². The summed E-state index contributed by atoms with van der Waals surface area (Å²) in [5.74, 6) is -0.0874. The van der Waals surface area contributed by atoms with Crippen LogP contribution in [0.25, 0.3) is 21.8 Å². The molecule has 0 aliphatic rings. The number of benzene rings is 3. The van der Waals surface area contributed by atoms with E-state index in [0.29, 0.717) is 0 Å². The second-order valence-electron chi connectivity index (χ2n) is 5.89. The van der Waals surface area contributed by atoms with Crippen LogP contribution in [0.5, 0.6) is 5.75 Å². The lowest BCUT2D eigenvalue weighted by Gasteiger charge is -2.10. The summed E-state index contributed by atoms with van der Waals surface area (Å²) in [7, 11) is 0. The summed E-state index contributed by atoms with van der Waals surface area (Å²) in [4.78, 5) is 15.0. The topological polar surface area (TPSA) is 101 Å². The smallest absolute Gasteiger partial charge is 0.270 e. The number of pyridine rings is 1. The molecule has 4 aromatic rings. The van der Waals surface area contributed by atoms with Crippen molar-refractivity contribution >= 4 is 39.4 Å². The standard InChI is InChI=1S/C20H14N4O3/c25-19-10-9-14(24(26)27)11-13(19)12-21-23-20-15-5-1-3-7-17(15)22-18-8-4-2-6-16(18)20/h1-12,25H,(H,22,23)/b21-12-. The zero-order chi connectivity index (χ0) is 18.8. The van der Waals surface area contributed by atoms with Crippen LogP contribution in [0.3, 0.4) is 0 Å². The molecule has 0 saturated carbocycles. The molecule has 27 heavy (non-hydrogen) atoms. The van der Waals surface area contributed by atoms with E-state index < -0.39 is 4.92 Å². The molecule has 0 unspecified atom stereocenters. The average Bonchev–Trinajstić information content (AvgIpc) is 2.68. The normalized spacial score (nSPS) is 11.3. The second kappa shape index (κ2) is 6.72. The maximum Gasteiger partial charge on any atom is 0.270 e. The lowest BCUT2D eigenvalue weighted by molar-refractivity contribution is -0.384. The number of nitrogens with one attached hydrogen (secondary N) is 1. The van der Waals surface area contributed by atoms with Gasteiger partial charge in [-0.15, -0.1) is 0 Å². The SMILES string of the molecule is O=[N+]([O-])c1ccc(O)c(/C=N\Nc2c3ccccc3nc3ccccc23)c1. The highest BCUT2D eigenvalue weighted by molar-refractivity contribution is 6.07. The van der Waals surface area contributed by atoms with Gasteiger partial charge in [0.2, 0.25) is 0 Å². The molecule has 1 aromatic heterocycles. The lowest BCUT2D eigenvalue weighted by Crippen LogP contribution is -1.96. The Bertz CT molecular complexity index is 1150. The molecule has 0 saturated heterocycles. The van der Waals surface area contributed by atoms with Gasteiger partial charge in [-0.3, -0.25) is 15.5 Å². The Labute approximate surface area is 153 Å². The van der Waals surface area contributed by atoms with Gasteiger partial charge in [0, 0.05) is 28.5 Å². The van der Waals surface area contributed by atoms with Gasteiger partial charge in [-0.25, -0.2) is 4.98 Å². The van der Waals surface area contributed by atoms with Crippen LogP contribution in [0.15, 0.2) is 71.8 Å². The first-order valence-electron chi connectivity index (χ1n) is 8.17. The van der Waals surface area contributed by atoms with E-state index in [0.717, 1.165) is 27.5 Å². The Hall–Kier alpha value is -4.00. The number of nitro benzene ring substituents is 1. The Morgan fingerprint density at radius 2 is 1.63 bits per heavy atom. The number of aromatic nitrogens is 1. The molecule has 0 atom stereocenters. The minimum absolute atomic E-state index is 0.0874. The van der Waals surface area contributed by atoms with E-state index >= 15 is 0 Å². The fourth-order valence-corrected chi connectivity index (χ4v) is 2.89. The van der Waals surface area contributed by atoms with Crippen molar-refractivity contribution in [3.05, 3.63) is 82.4 Å². The van der Waals surface area contributed by atoms with Gasteiger partial charge in [0.25, 0.3) is 5.69 Å². The van der Waals surface area contributed by atoms with Gasteiger partial charge in [-0.2, -0.15) is 5.10 Å². The Balaban J connectivity index is 1.76. The third-order valence-corrected chi connectivity index (χ3v) is 4.19. The molecule has 0 spiro atoms. The van der Waals surface area contributed by atoms with Crippen LogP contribution in [0.4, 0.5) is 11.4 Å². The number of aromatic hydroxyl groups is 1. The van der Waals surface area contributed by atoms with E-state index in [1.807, 2.05) is 48.5 Å². The number of para-hydroxylation sites is 2. The highest BCUT2D eigenvalue weighted by Gasteiger charge is 2.10. The van der Waals surface area contributed by atoms with E-state index in [9.17, 15) is 15.2 Å². The first-order chi connectivity index (χ1) is 13.1. The molecule has 0 amide bonds. The molecule has 7 nitrogen and oxygen atoms in total. The maximum atomic E-state index is 10.9. The third kappa shape index (κ3) is 3.13. The number of hydrazone groups is 1. The van der Waals surface area contributed by atoms with Crippen molar-refractivity contribution < 1.29 is 10.0 Å². The monoisotopic (exact) mass is 358 g/mol. The highest BCUT2D eigenvalue weighted by Crippen LogP contribution is 2.30. The molecule has 0 bridgehead atoms. The number of nitrogens with zero attached hydrogens (tertiary/aromatic N) is 3. The highest BCUT2D eigenvalue weighted by atomic mass is 16.6. The summed E-state index contributed by atoms with van der Waals surface area (Å²) in [5.41, 5.74) is 5.56. The maximum absolute atomic E-state index is 10.9. The van der Waals surface area contributed by atoms with Crippen molar-refractivity contribution in [2.75, 3.05) is 5.43 Å². The van der Waals surface area contributed by atoms with Gasteiger partial charge in [0.1, 0.15) is 5.75 Å². The van der Waals surface area contributed by atoms with Gasteiger partial charge in [-0.1, -0.05) is 36.4 Å². The third-order valence-electron chi connectivity index (χ3n) is 4.19. The number of non-ortho nitro benzene ring substituents is 1. The summed E-state index contributed by atoms with van der Waals surface area (Å²) in [6.45, 7) is 0. The van der Waals surface area contributed by atoms with Crippen molar-refractivity contribution in [1.82, 2.24) is 4.98 Å². The number of hydrogen-bond donors (Lipinski definition) is 2. The van der Waals surface area contributed by atoms with Crippen LogP contribution in [0, 0.1) is 10.1 Å². The van der Waals surface area contributed by atoms with Crippen LogP contribution in [-0.2, 0) is 0 Å². The van der Waals surface area contributed by atoms with Gasteiger partial charge in [-0.05, 0) is 18.2 Å². The van der Waals surface area contributed by atoms with Crippen LogP contribution in [0.2, 0.25) is 0 Å². The van der Waals surface area contributed by atoms with Crippen molar-refractivity contribution in [2.45, 2.75) is 0 Å². The van der Waals surface area contributed by atoms with Gasteiger partial charge in [0.15, 0.2) is 0 Å². The van der Waals surface area contributed by atoms with Gasteiger partial charge >= 0.3 is 0 Å². The zero-order valence-electron chi connectivity index (χ0n) is 14.0. The molecule has 0 fully saturated rings. The fourth-order valence-electron chi connectivity index (χ4n) is 2.89. The van der Waals surface area contributed by atoms with E-state index in [1.54, 1.807) is 0 Å². The molecule has 1 heterocycles. The summed E-state index contributed by atoms with van der Waals surface area (Å²) in [6.07, 6.45) is 1.35. The quantitative estimate of drug-likeness (QED) is 0.243. The van der Waals surface area contributed by atoms with E-state index in [1.165, 1.54) is 24.4 Å². The van der Waals surface area contributed by atoms with Crippen LogP contribution in [0.1, 0.15) is 5.56 Å². The predicted octanol–water partition coefficient (Wildman–Crippen LogP) is 4.45. The summed E-state index contributed by atoms with van der Waals surface area (Å²) >= 11 is 0. The molecule has 4 rings (SSSR count). The van der Waals surface area contributed by atoms with E-state index in [4.69, 9.17) is 0 Å². The number of phenols is 1. The molecular formula is C20H14N4O3. The molecule has 2 N–H and O–H groups in total. The number of rotatable bonds is 4. The Kier molecular flexibility index (Phi) is 4.10. The molecule has 0 aliphatic heterocycles. The number of phenolic OH excluding ortho intramolecular Hbond substituents is 1. The van der Waals surface area contributed by atoms with E-state index in [-0.39, 0.29) is 17.0 Å². The minimum atomic E-state index is -0.520. The Morgan fingerprint density at radius 1 is 1.00 bits per heavy atom. The average molecular weight is 358 g/mol. The minimum Gasteiger partial charge on any atom is -0.507 e. The largest absolute Gasteiger partial charge is 0.507 e. The van der Waals surface area contributed by atoms with Crippen molar-refractivity contribution in [2.24, 2.45) is 5.10 Å². The van der Waals surface area contributed by atoms with Crippen molar-refractivity contribution in [3.63, 3.8) is 0 Å². The molecule has 132 valence electrons. The van der Waals surface area contributed by atoms with Gasteiger partial charge in [0.05, 0.1) is 27.9 Å². The van der Waals surface area contributed by atoms with Crippen molar-refractivity contribution in [3.8, 4) is 5.75 Å². The zero-order valence-corrected chi connectivity index (χ0v) is 14.0. The number of anilines is 1. The number of fused-ring (bicyclic) bond motifs is 2. The number of hydrogen-bond acceptors (Lipinski definition) is 6. The summed E-state index contributed by atoms with van der Waals surface area (Å²) < 4.78 is 0. The second-order valence-corrected chi connectivity index (χ2v) is 5.89. The molecule has 0 radical (unpaired) electrons. The summed E-state index contributed by atoms with van der Waals surface area (Å²) in [6, 6.07) is 19.2.